The second-order valence-corrected chi connectivity index (χ2v) is 5.80. The van der Waals surface area contributed by atoms with E-state index in [0.717, 1.165) is 19.3 Å². The Kier molecular flexibility index (Phi) is 2.70. The smallest absolute Gasteiger partial charge is 0.274 e. The van der Waals surface area contributed by atoms with Crippen LogP contribution in [0.1, 0.15) is 44.1 Å². The summed E-state index contributed by atoms with van der Waals surface area (Å²) >= 11 is 0. The van der Waals surface area contributed by atoms with Crippen LogP contribution < -0.4 is 11.3 Å². The second kappa shape index (κ2) is 4.16. The third-order valence-electron chi connectivity index (χ3n) is 3.96. The van der Waals surface area contributed by atoms with Crippen LogP contribution in [0.4, 0.5) is 0 Å². The number of nitrogens with zero attached hydrogens (tertiary/aromatic N) is 3. The molecule has 102 valence electrons. The Morgan fingerprint density at radius 3 is 3.05 bits per heavy atom. The Labute approximate surface area is 111 Å². The van der Waals surface area contributed by atoms with Crippen molar-refractivity contribution in [3.63, 3.8) is 0 Å². The molecule has 0 saturated heterocycles. The molecule has 0 aliphatic heterocycles. The lowest BCUT2D eigenvalue weighted by atomic mass is 9.76. The van der Waals surface area contributed by atoms with Gasteiger partial charge in [0.05, 0.1) is 5.54 Å². The summed E-state index contributed by atoms with van der Waals surface area (Å²) < 4.78 is 1.37. The Morgan fingerprint density at radius 1 is 1.53 bits per heavy atom. The summed E-state index contributed by atoms with van der Waals surface area (Å²) in [5.41, 5.74) is 6.55. The third-order valence-corrected chi connectivity index (χ3v) is 3.96. The number of nitrogens with one attached hydrogen (secondary N) is 1. The molecule has 0 aromatic carbocycles. The fourth-order valence-corrected chi connectivity index (χ4v) is 3.02. The Morgan fingerprint density at radius 2 is 2.32 bits per heavy atom. The minimum absolute atomic E-state index is 0.145. The number of nitrogens with two attached hydrogens (primary N) is 1. The molecule has 1 saturated carbocycles. The van der Waals surface area contributed by atoms with Crippen LogP contribution in [0.15, 0.2) is 10.9 Å². The van der Waals surface area contributed by atoms with E-state index >= 15 is 0 Å². The van der Waals surface area contributed by atoms with Crippen LogP contribution in [0.3, 0.4) is 0 Å². The molecule has 6 nitrogen and oxygen atoms in total. The average Bonchev–Trinajstić information content (AvgIpc) is 2.73. The predicted molar refractivity (Wildman–Crippen MR) is 71.8 cm³/mol. The number of fused-ring (bicyclic) bond motifs is 1. The number of H-pyrrole nitrogens is 1. The van der Waals surface area contributed by atoms with Gasteiger partial charge in [0.15, 0.2) is 0 Å². The first kappa shape index (κ1) is 12.3. The largest absolute Gasteiger partial charge is 0.319 e. The van der Waals surface area contributed by atoms with E-state index in [-0.39, 0.29) is 5.56 Å². The van der Waals surface area contributed by atoms with E-state index in [2.05, 4.69) is 22.0 Å². The molecule has 3 rings (SSSR count). The zero-order valence-electron chi connectivity index (χ0n) is 11.3. The van der Waals surface area contributed by atoms with Gasteiger partial charge in [-0.2, -0.15) is 9.50 Å². The van der Waals surface area contributed by atoms with Gasteiger partial charge in [-0.15, -0.1) is 0 Å². The van der Waals surface area contributed by atoms with Gasteiger partial charge in [0.2, 0.25) is 0 Å². The van der Waals surface area contributed by atoms with Crippen molar-refractivity contribution in [3.05, 3.63) is 27.9 Å². The van der Waals surface area contributed by atoms with Crippen LogP contribution >= 0.6 is 0 Å². The minimum atomic E-state index is -0.467. The molecule has 6 heteroatoms. The lowest BCUT2D eigenvalue weighted by Gasteiger charge is -2.34. The van der Waals surface area contributed by atoms with Gasteiger partial charge in [0.25, 0.3) is 11.3 Å². The van der Waals surface area contributed by atoms with Crippen molar-refractivity contribution >= 4 is 5.78 Å². The minimum Gasteiger partial charge on any atom is -0.319 e. The van der Waals surface area contributed by atoms with Gasteiger partial charge in [-0.05, 0) is 25.7 Å². The highest BCUT2D eigenvalue weighted by molar-refractivity contribution is 5.29. The highest BCUT2D eigenvalue weighted by Crippen LogP contribution is 2.36. The van der Waals surface area contributed by atoms with Crippen LogP contribution in [0, 0.1) is 12.8 Å². The van der Waals surface area contributed by atoms with Gasteiger partial charge in [0.1, 0.15) is 5.82 Å². The van der Waals surface area contributed by atoms with E-state index in [1.807, 2.05) is 0 Å². The van der Waals surface area contributed by atoms with Gasteiger partial charge in [-0.1, -0.05) is 19.8 Å². The van der Waals surface area contributed by atoms with Crippen molar-refractivity contribution in [2.75, 3.05) is 0 Å². The highest BCUT2D eigenvalue weighted by Gasteiger charge is 2.35. The van der Waals surface area contributed by atoms with E-state index < -0.39 is 5.54 Å². The first-order chi connectivity index (χ1) is 8.98. The van der Waals surface area contributed by atoms with E-state index in [9.17, 15) is 4.79 Å². The summed E-state index contributed by atoms with van der Waals surface area (Å²) in [7, 11) is 0. The first-order valence-corrected chi connectivity index (χ1v) is 6.74. The van der Waals surface area contributed by atoms with E-state index in [1.165, 1.54) is 17.0 Å². The quantitative estimate of drug-likeness (QED) is 0.804. The van der Waals surface area contributed by atoms with E-state index in [4.69, 9.17) is 5.73 Å². The summed E-state index contributed by atoms with van der Waals surface area (Å²) in [5, 5.41) is 3.03. The summed E-state index contributed by atoms with van der Waals surface area (Å²) in [4.78, 5) is 20.6. The normalized spacial score (nSPS) is 27.8. The molecule has 19 heavy (non-hydrogen) atoms. The molecule has 2 aromatic heterocycles. The van der Waals surface area contributed by atoms with Crippen molar-refractivity contribution in [2.45, 2.75) is 45.1 Å². The Hall–Kier alpha value is -1.69. The third kappa shape index (κ3) is 2.06. The maximum absolute atomic E-state index is 11.9. The van der Waals surface area contributed by atoms with Crippen LogP contribution in [0.5, 0.6) is 0 Å². The molecule has 1 aliphatic rings. The number of aryl methyl sites for hydroxylation is 1. The van der Waals surface area contributed by atoms with Crippen LogP contribution in [-0.2, 0) is 5.54 Å². The number of aromatic amines is 1. The maximum Gasteiger partial charge on any atom is 0.274 e. The molecular weight excluding hydrogens is 242 g/mol. The van der Waals surface area contributed by atoms with Crippen LogP contribution in [0.25, 0.3) is 5.78 Å². The van der Waals surface area contributed by atoms with Crippen molar-refractivity contribution in [1.82, 2.24) is 19.6 Å². The molecule has 0 spiro atoms. The molecule has 0 radical (unpaired) electrons. The predicted octanol–water partition coefficient (Wildman–Crippen LogP) is 1.09. The molecule has 2 atom stereocenters. The monoisotopic (exact) mass is 261 g/mol. The van der Waals surface area contributed by atoms with E-state index in [0.29, 0.717) is 23.2 Å². The van der Waals surface area contributed by atoms with Crippen LogP contribution in [-0.4, -0.2) is 19.6 Å². The zero-order chi connectivity index (χ0) is 13.6. The van der Waals surface area contributed by atoms with Gasteiger partial charge in [-0.25, -0.2) is 4.98 Å². The average molecular weight is 261 g/mol. The standard InChI is InChI=1S/C13H19N5O/c1-8-4-3-5-13(14,7-8)11-16-12-15-9(2)6-10(19)18(12)17-11/h6,8H,3-5,7,14H2,1-2H3,(H,15,16,17). The topological polar surface area (TPSA) is 89.1 Å². The summed E-state index contributed by atoms with van der Waals surface area (Å²) in [6.07, 6.45) is 4.08. The van der Waals surface area contributed by atoms with Crippen molar-refractivity contribution in [2.24, 2.45) is 11.7 Å². The molecule has 1 aliphatic carbocycles. The lowest BCUT2D eigenvalue weighted by Crippen LogP contribution is -2.42. The fraction of sp³-hybridized carbons (Fsp3) is 0.615. The summed E-state index contributed by atoms with van der Waals surface area (Å²) in [6, 6.07) is 1.49. The molecule has 2 heterocycles. The summed E-state index contributed by atoms with van der Waals surface area (Å²) in [5.74, 6) is 1.66. The van der Waals surface area contributed by atoms with E-state index in [1.54, 1.807) is 6.92 Å². The summed E-state index contributed by atoms with van der Waals surface area (Å²) in [6.45, 7) is 3.99. The van der Waals surface area contributed by atoms with Crippen molar-refractivity contribution in [1.29, 1.82) is 0 Å². The maximum atomic E-state index is 11.9. The van der Waals surface area contributed by atoms with Gasteiger partial charge in [-0.3, -0.25) is 9.89 Å². The van der Waals surface area contributed by atoms with Crippen LogP contribution in [0.2, 0.25) is 0 Å². The van der Waals surface area contributed by atoms with Gasteiger partial charge < -0.3 is 5.73 Å². The lowest BCUT2D eigenvalue weighted by molar-refractivity contribution is 0.228. The molecule has 1 fully saturated rings. The van der Waals surface area contributed by atoms with Gasteiger partial charge in [0, 0.05) is 11.8 Å². The Bertz CT molecular complexity index is 673. The number of aromatic nitrogens is 4. The van der Waals surface area contributed by atoms with Crippen molar-refractivity contribution < 1.29 is 0 Å². The second-order valence-electron chi connectivity index (χ2n) is 5.80. The van der Waals surface area contributed by atoms with Gasteiger partial charge >= 0.3 is 0 Å². The molecule has 2 unspecified atom stereocenters. The molecular formula is C13H19N5O. The first-order valence-electron chi connectivity index (χ1n) is 6.74. The molecule has 2 aromatic rings. The molecule has 0 amide bonds. The number of hydrogen-bond acceptors (Lipinski definition) is 4. The SMILES string of the molecule is Cc1cc(=O)n2[nH]c(C3(N)CCCC(C)C3)nc2n1. The highest BCUT2D eigenvalue weighted by atomic mass is 16.1. The van der Waals surface area contributed by atoms with Crippen molar-refractivity contribution in [3.8, 4) is 0 Å². The number of rotatable bonds is 1. The Balaban J connectivity index is 2.10. The fourth-order valence-electron chi connectivity index (χ4n) is 3.02. The molecule has 3 N–H and O–H groups in total. The molecule has 0 bridgehead atoms. The zero-order valence-corrected chi connectivity index (χ0v) is 11.3. The number of hydrogen-bond donors (Lipinski definition) is 2.